The minimum atomic E-state index is -1.70. The summed E-state index contributed by atoms with van der Waals surface area (Å²) in [6.45, 7) is 2.92. The van der Waals surface area contributed by atoms with E-state index in [2.05, 4.69) is 0 Å². The summed E-state index contributed by atoms with van der Waals surface area (Å²) >= 11 is 0. The number of carboxylic acid groups (broad SMARTS) is 1. The molecule has 5 heteroatoms. The van der Waals surface area contributed by atoms with Crippen LogP contribution in [-0.2, 0) is 16.0 Å². The first kappa shape index (κ1) is 11.6. The van der Waals surface area contributed by atoms with Crippen LogP contribution in [0.25, 0.3) is 0 Å². The summed E-state index contributed by atoms with van der Waals surface area (Å²) in [5.41, 5.74) is -0.854. The second-order valence-electron chi connectivity index (χ2n) is 4.32. The summed E-state index contributed by atoms with van der Waals surface area (Å²) in [4.78, 5) is 22.8. The van der Waals surface area contributed by atoms with Gasteiger partial charge in [0.05, 0.1) is 5.56 Å². The number of benzene rings is 1. The quantitative estimate of drug-likeness (QED) is 0.756. The van der Waals surface area contributed by atoms with Gasteiger partial charge < -0.3 is 9.84 Å². The predicted octanol–water partition coefficient (Wildman–Crippen LogP) is 1.69. The number of esters is 1. The number of halogens is 1. The minimum Gasteiger partial charge on any atom is -0.478 e. The van der Waals surface area contributed by atoms with Crippen LogP contribution in [0.2, 0.25) is 0 Å². The number of carbonyl (C=O) groups excluding carboxylic acids is 1. The summed E-state index contributed by atoms with van der Waals surface area (Å²) in [5.74, 6) is -2.64. The number of aliphatic carboxylic acids is 1. The molecule has 1 aliphatic heterocycles. The molecule has 0 radical (unpaired) electrons. The summed E-state index contributed by atoms with van der Waals surface area (Å²) < 4.78 is 18.5. The fourth-order valence-electron chi connectivity index (χ4n) is 1.94. The number of hydrogen-bond acceptors (Lipinski definition) is 3. The molecule has 0 saturated carbocycles. The number of fused-ring (bicyclic) bond motifs is 1. The Hall–Kier alpha value is -1.91. The summed E-state index contributed by atoms with van der Waals surface area (Å²) in [5, 5.41) is 9.00. The molecule has 0 fully saturated rings. The highest BCUT2D eigenvalue weighted by Crippen LogP contribution is 2.31. The van der Waals surface area contributed by atoms with E-state index < -0.39 is 23.4 Å². The number of carbonyl (C=O) groups is 2. The monoisotopic (exact) mass is 238 g/mol. The van der Waals surface area contributed by atoms with E-state index in [1.807, 2.05) is 0 Å². The Morgan fingerprint density at radius 1 is 1.53 bits per heavy atom. The zero-order valence-corrected chi connectivity index (χ0v) is 9.41. The highest BCUT2D eigenvalue weighted by Gasteiger charge is 2.44. The fraction of sp³-hybridized carbons (Fsp3) is 0.333. The van der Waals surface area contributed by atoms with E-state index in [0.717, 1.165) is 0 Å². The van der Waals surface area contributed by atoms with Crippen LogP contribution in [0.5, 0.6) is 0 Å². The van der Waals surface area contributed by atoms with Crippen molar-refractivity contribution in [3.05, 3.63) is 34.6 Å². The van der Waals surface area contributed by atoms with Gasteiger partial charge in [-0.15, -0.1) is 0 Å². The first-order chi connectivity index (χ1) is 7.85. The molecule has 1 aromatic rings. The molecular weight excluding hydrogens is 227 g/mol. The van der Waals surface area contributed by atoms with Crippen LogP contribution < -0.4 is 0 Å². The van der Waals surface area contributed by atoms with Gasteiger partial charge in [0.1, 0.15) is 5.82 Å². The molecular formula is C12H11FO4. The zero-order valence-electron chi connectivity index (χ0n) is 9.41. The van der Waals surface area contributed by atoms with Gasteiger partial charge in [-0.2, -0.15) is 0 Å². The maximum atomic E-state index is 13.6. The Labute approximate surface area is 97.0 Å². The highest BCUT2D eigenvalue weighted by atomic mass is 19.1. The Morgan fingerprint density at radius 3 is 2.76 bits per heavy atom. The molecule has 1 heterocycles. The predicted molar refractivity (Wildman–Crippen MR) is 56.3 cm³/mol. The normalized spacial score (nSPS) is 22.9. The van der Waals surface area contributed by atoms with E-state index >= 15 is 0 Å². The Morgan fingerprint density at radius 2 is 2.18 bits per heavy atom. The van der Waals surface area contributed by atoms with E-state index in [9.17, 15) is 14.0 Å². The maximum Gasteiger partial charge on any atom is 0.348 e. The third-order valence-corrected chi connectivity index (χ3v) is 2.95. The second-order valence-corrected chi connectivity index (χ2v) is 4.32. The number of ether oxygens (including phenoxy) is 1. The summed E-state index contributed by atoms with van der Waals surface area (Å²) in [6.07, 6.45) is -0.156. The molecule has 90 valence electrons. The maximum absolute atomic E-state index is 13.6. The van der Waals surface area contributed by atoms with E-state index in [1.165, 1.54) is 19.1 Å². The molecule has 4 nitrogen and oxygen atoms in total. The highest BCUT2D eigenvalue weighted by molar-refractivity contribution is 5.97. The lowest BCUT2D eigenvalue weighted by Gasteiger charge is -2.31. The smallest absolute Gasteiger partial charge is 0.348 e. The Bertz CT molecular complexity index is 523. The zero-order chi connectivity index (χ0) is 12.8. The molecule has 1 aliphatic rings. The summed E-state index contributed by atoms with van der Waals surface area (Å²) in [6, 6.07) is 2.70. The molecule has 0 saturated heterocycles. The van der Waals surface area contributed by atoms with Crippen molar-refractivity contribution in [1.82, 2.24) is 0 Å². The molecule has 1 N–H and O–H groups in total. The van der Waals surface area contributed by atoms with Crippen molar-refractivity contribution in [2.45, 2.75) is 25.9 Å². The second kappa shape index (κ2) is 3.55. The van der Waals surface area contributed by atoms with Crippen molar-refractivity contribution in [2.24, 2.45) is 0 Å². The van der Waals surface area contributed by atoms with E-state index in [1.54, 1.807) is 6.92 Å². The topological polar surface area (TPSA) is 63.6 Å². The first-order valence-corrected chi connectivity index (χ1v) is 5.10. The van der Waals surface area contributed by atoms with Crippen molar-refractivity contribution in [2.75, 3.05) is 0 Å². The number of carboxylic acids is 1. The van der Waals surface area contributed by atoms with Gasteiger partial charge in [-0.25, -0.2) is 14.0 Å². The van der Waals surface area contributed by atoms with Gasteiger partial charge >= 0.3 is 11.9 Å². The van der Waals surface area contributed by atoms with Crippen LogP contribution in [0.1, 0.15) is 28.4 Å². The number of aryl methyl sites for hydroxylation is 1. The molecule has 0 aliphatic carbocycles. The van der Waals surface area contributed by atoms with Gasteiger partial charge in [-0.3, -0.25) is 0 Å². The molecule has 2 rings (SSSR count). The Kier molecular flexibility index (Phi) is 2.41. The SMILES string of the molecule is Cc1ccc(F)c2c1C(=O)OC(C)(C(=O)O)C2. The van der Waals surface area contributed by atoms with Gasteiger partial charge in [0.25, 0.3) is 0 Å². The third-order valence-electron chi connectivity index (χ3n) is 2.95. The fourth-order valence-corrected chi connectivity index (χ4v) is 1.94. The third kappa shape index (κ3) is 1.67. The van der Waals surface area contributed by atoms with Crippen molar-refractivity contribution in [1.29, 1.82) is 0 Å². The van der Waals surface area contributed by atoms with Crippen LogP contribution in [0.3, 0.4) is 0 Å². The van der Waals surface area contributed by atoms with Gasteiger partial charge in [-0.1, -0.05) is 6.07 Å². The van der Waals surface area contributed by atoms with Gasteiger partial charge in [0, 0.05) is 12.0 Å². The van der Waals surface area contributed by atoms with E-state index in [4.69, 9.17) is 9.84 Å². The number of hydrogen-bond donors (Lipinski definition) is 1. The van der Waals surface area contributed by atoms with E-state index in [-0.39, 0.29) is 17.5 Å². The lowest BCUT2D eigenvalue weighted by Crippen LogP contribution is -2.46. The van der Waals surface area contributed by atoms with Gasteiger partial charge in [0.2, 0.25) is 5.60 Å². The average molecular weight is 238 g/mol. The Balaban J connectivity index is 2.61. The average Bonchev–Trinajstić information content (AvgIpc) is 2.22. The van der Waals surface area contributed by atoms with E-state index in [0.29, 0.717) is 5.56 Å². The van der Waals surface area contributed by atoms with Crippen LogP contribution in [0.4, 0.5) is 4.39 Å². The number of cyclic esters (lactones) is 1. The molecule has 17 heavy (non-hydrogen) atoms. The summed E-state index contributed by atoms with van der Waals surface area (Å²) in [7, 11) is 0. The molecule has 1 unspecified atom stereocenters. The van der Waals surface area contributed by atoms with Crippen molar-refractivity contribution < 1.29 is 23.8 Å². The molecule has 0 bridgehead atoms. The van der Waals surface area contributed by atoms with Crippen molar-refractivity contribution in [3.8, 4) is 0 Å². The molecule has 1 atom stereocenters. The standard InChI is InChI=1S/C12H11FO4/c1-6-3-4-8(13)7-5-12(2,11(15)16)17-10(14)9(6)7/h3-4H,5H2,1-2H3,(H,15,16). The van der Waals surface area contributed by atoms with Crippen LogP contribution in [0, 0.1) is 12.7 Å². The van der Waals surface area contributed by atoms with Gasteiger partial charge in [0.15, 0.2) is 0 Å². The molecule has 0 amide bonds. The van der Waals surface area contributed by atoms with Crippen molar-refractivity contribution in [3.63, 3.8) is 0 Å². The van der Waals surface area contributed by atoms with Crippen molar-refractivity contribution >= 4 is 11.9 Å². The van der Waals surface area contributed by atoms with Gasteiger partial charge in [-0.05, 0) is 25.5 Å². The first-order valence-electron chi connectivity index (χ1n) is 5.10. The molecule has 0 spiro atoms. The van der Waals surface area contributed by atoms with Crippen LogP contribution >= 0.6 is 0 Å². The largest absolute Gasteiger partial charge is 0.478 e. The number of rotatable bonds is 1. The molecule has 1 aromatic carbocycles. The van der Waals surface area contributed by atoms with Crippen LogP contribution in [0.15, 0.2) is 12.1 Å². The van der Waals surface area contributed by atoms with Crippen LogP contribution in [-0.4, -0.2) is 22.6 Å². The lowest BCUT2D eigenvalue weighted by molar-refractivity contribution is -0.158. The minimum absolute atomic E-state index is 0.117. The lowest BCUT2D eigenvalue weighted by atomic mass is 9.88. The molecule has 0 aromatic heterocycles.